The average Bonchev–Trinajstić information content (AvgIpc) is 2.82. The lowest BCUT2D eigenvalue weighted by molar-refractivity contribution is -0.129. The van der Waals surface area contributed by atoms with Gasteiger partial charge in [-0.1, -0.05) is 12.1 Å². The molecule has 0 aliphatic carbocycles. The molecule has 0 bridgehead atoms. The molecule has 178 valence electrons. The van der Waals surface area contributed by atoms with Gasteiger partial charge in [-0.15, -0.1) is 0 Å². The Morgan fingerprint density at radius 2 is 1.48 bits per heavy atom. The first kappa shape index (κ1) is 24.7. The number of piperazine rings is 1. The quantitative estimate of drug-likeness (QED) is 0.618. The van der Waals surface area contributed by atoms with Crippen LogP contribution in [0.2, 0.25) is 0 Å². The van der Waals surface area contributed by atoms with Crippen molar-refractivity contribution in [3.8, 4) is 0 Å². The van der Waals surface area contributed by atoms with Gasteiger partial charge in [-0.25, -0.2) is 8.42 Å². The highest BCUT2D eigenvalue weighted by Gasteiger charge is 2.29. The van der Waals surface area contributed by atoms with Crippen molar-refractivity contribution in [3.63, 3.8) is 0 Å². The van der Waals surface area contributed by atoms with Crippen molar-refractivity contribution in [1.82, 2.24) is 14.1 Å². The normalized spacial score (nSPS) is 14.7. The van der Waals surface area contributed by atoms with Crippen LogP contribution in [0.4, 0.5) is 5.69 Å². The van der Waals surface area contributed by atoms with Crippen LogP contribution in [0.25, 0.3) is 0 Å². The molecule has 1 heterocycles. The number of rotatable bonds is 7. The van der Waals surface area contributed by atoms with E-state index in [9.17, 15) is 18.0 Å². The molecule has 0 spiro atoms. The zero-order valence-corrected chi connectivity index (χ0v) is 20.5. The molecular weight excluding hydrogens is 440 g/mol. The number of nitrogens with zero attached hydrogens (tertiary/aromatic N) is 4. The molecule has 1 aliphatic heterocycles. The average molecular weight is 473 g/mol. The Morgan fingerprint density at radius 3 is 1.97 bits per heavy atom. The zero-order chi connectivity index (χ0) is 24.2. The summed E-state index contributed by atoms with van der Waals surface area (Å²) in [6.07, 6.45) is 0. The smallest absolute Gasteiger partial charge is 0.254 e. The number of hydrogen-bond donors (Lipinski definition) is 0. The number of hydrogen-bond acceptors (Lipinski definition) is 5. The van der Waals surface area contributed by atoms with E-state index >= 15 is 0 Å². The van der Waals surface area contributed by atoms with Crippen molar-refractivity contribution in [1.29, 1.82) is 0 Å². The summed E-state index contributed by atoms with van der Waals surface area (Å²) in [7, 11) is 0.285. The molecule has 8 nitrogen and oxygen atoms in total. The maximum atomic E-state index is 13.0. The fraction of sp³-hybridized carbons (Fsp3) is 0.417. The number of sulfonamides is 1. The van der Waals surface area contributed by atoms with Crippen LogP contribution in [0.5, 0.6) is 0 Å². The highest BCUT2D eigenvalue weighted by atomic mass is 32.2. The SMILES string of the molecule is CCN(Cc1ccc(N(C)C)cc1)C(=O)c1ccc(S(=O)(=O)N2CCN(C(C)=O)CC2)cc1. The van der Waals surface area contributed by atoms with E-state index in [2.05, 4.69) is 0 Å². The molecule has 0 aromatic heterocycles. The van der Waals surface area contributed by atoms with Gasteiger partial charge in [0, 0.05) is 71.5 Å². The van der Waals surface area contributed by atoms with Gasteiger partial charge in [-0.05, 0) is 48.9 Å². The van der Waals surface area contributed by atoms with Crippen molar-refractivity contribution in [2.45, 2.75) is 25.3 Å². The van der Waals surface area contributed by atoms with E-state index in [0.717, 1.165) is 11.3 Å². The molecule has 0 radical (unpaired) electrons. The van der Waals surface area contributed by atoms with Gasteiger partial charge in [-0.2, -0.15) is 4.31 Å². The molecule has 2 amide bonds. The maximum absolute atomic E-state index is 13.0. The van der Waals surface area contributed by atoms with Crippen LogP contribution in [0.15, 0.2) is 53.4 Å². The van der Waals surface area contributed by atoms with Crippen molar-refractivity contribution in [2.75, 3.05) is 51.7 Å². The molecule has 0 atom stereocenters. The second-order valence-corrected chi connectivity index (χ2v) is 10.3. The fourth-order valence-corrected chi connectivity index (χ4v) is 5.21. The maximum Gasteiger partial charge on any atom is 0.254 e. The van der Waals surface area contributed by atoms with Gasteiger partial charge in [0.2, 0.25) is 15.9 Å². The van der Waals surface area contributed by atoms with Gasteiger partial charge < -0.3 is 14.7 Å². The highest BCUT2D eigenvalue weighted by Crippen LogP contribution is 2.20. The number of amides is 2. The topological polar surface area (TPSA) is 81.2 Å². The molecule has 3 rings (SSSR count). The molecule has 2 aromatic rings. The van der Waals surface area contributed by atoms with Gasteiger partial charge in [0.1, 0.15) is 0 Å². The molecule has 1 fully saturated rings. The lowest BCUT2D eigenvalue weighted by Gasteiger charge is -2.33. The summed E-state index contributed by atoms with van der Waals surface area (Å²) in [5, 5.41) is 0. The van der Waals surface area contributed by atoms with Gasteiger partial charge in [0.05, 0.1) is 4.90 Å². The molecule has 2 aromatic carbocycles. The molecule has 1 aliphatic rings. The molecule has 0 unspecified atom stereocenters. The number of carbonyl (C=O) groups is 2. The van der Waals surface area contributed by atoms with Gasteiger partial charge >= 0.3 is 0 Å². The number of carbonyl (C=O) groups excluding carboxylic acids is 2. The van der Waals surface area contributed by atoms with Gasteiger partial charge in [-0.3, -0.25) is 9.59 Å². The summed E-state index contributed by atoms with van der Waals surface area (Å²) in [5.74, 6) is -0.197. The van der Waals surface area contributed by atoms with Crippen LogP contribution in [-0.4, -0.2) is 81.2 Å². The Labute approximate surface area is 196 Å². The lowest BCUT2D eigenvalue weighted by atomic mass is 10.1. The molecule has 0 N–H and O–H groups in total. The molecule has 33 heavy (non-hydrogen) atoms. The van der Waals surface area contributed by atoms with Crippen LogP contribution in [0.1, 0.15) is 29.8 Å². The third-order valence-corrected chi connectivity index (χ3v) is 7.83. The third-order valence-electron chi connectivity index (χ3n) is 5.92. The van der Waals surface area contributed by atoms with Crippen LogP contribution in [0, 0.1) is 0 Å². The predicted molar refractivity (Wildman–Crippen MR) is 129 cm³/mol. The highest BCUT2D eigenvalue weighted by molar-refractivity contribution is 7.89. The fourth-order valence-electron chi connectivity index (χ4n) is 3.79. The summed E-state index contributed by atoms with van der Waals surface area (Å²) >= 11 is 0. The first-order chi connectivity index (χ1) is 15.6. The standard InChI is InChI=1S/C24H32N4O4S/c1-5-26(18-20-6-10-22(11-7-20)25(3)4)24(30)21-8-12-23(13-9-21)33(31,32)28-16-14-27(15-17-28)19(2)29/h6-13H,5,14-18H2,1-4H3. The Morgan fingerprint density at radius 1 is 0.909 bits per heavy atom. The van der Waals surface area contributed by atoms with Gasteiger partial charge in [0.15, 0.2) is 0 Å². The molecule has 0 saturated carbocycles. The largest absolute Gasteiger partial charge is 0.378 e. The van der Waals surface area contributed by atoms with Crippen LogP contribution in [0.3, 0.4) is 0 Å². The summed E-state index contributed by atoms with van der Waals surface area (Å²) in [6, 6.07) is 14.2. The van der Waals surface area contributed by atoms with Crippen molar-refractivity contribution in [2.24, 2.45) is 0 Å². The van der Waals surface area contributed by atoms with Crippen LogP contribution < -0.4 is 4.90 Å². The Bertz CT molecular complexity index is 1070. The van der Waals surface area contributed by atoms with E-state index < -0.39 is 10.0 Å². The Kier molecular flexibility index (Phi) is 7.76. The van der Waals surface area contributed by atoms with E-state index in [1.165, 1.54) is 23.4 Å². The van der Waals surface area contributed by atoms with Crippen LogP contribution in [-0.2, 0) is 21.4 Å². The van der Waals surface area contributed by atoms with Crippen molar-refractivity contribution in [3.05, 3.63) is 59.7 Å². The first-order valence-electron chi connectivity index (χ1n) is 11.0. The summed E-state index contributed by atoms with van der Waals surface area (Å²) in [6.45, 7) is 5.71. The molecular formula is C24H32N4O4S. The monoisotopic (exact) mass is 472 g/mol. The minimum atomic E-state index is -3.67. The zero-order valence-electron chi connectivity index (χ0n) is 19.7. The lowest BCUT2D eigenvalue weighted by Crippen LogP contribution is -2.49. The van der Waals surface area contributed by atoms with E-state index in [1.54, 1.807) is 21.9 Å². The second-order valence-electron chi connectivity index (χ2n) is 8.31. The number of benzene rings is 2. The van der Waals surface area contributed by atoms with E-state index in [-0.39, 0.29) is 29.8 Å². The summed E-state index contributed by atoms with van der Waals surface area (Å²) in [5.41, 5.74) is 2.56. The van der Waals surface area contributed by atoms with Crippen molar-refractivity contribution >= 4 is 27.5 Å². The predicted octanol–water partition coefficient (Wildman–Crippen LogP) is 2.27. The van der Waals surface area contributed by atoms with Crippen molar-refractivity contribution < 1.29 is 18.0 Å². The Balaban J connectivity index is 1.69. The minimum Gasteiger partial charge on any atom is -0.378 e. The van der Waals surface area contributed by atoms with E-state index in [1.807, 2.05) is 50.2 Å². The summed E-state index contributed by atoms with van der Waals surface area (Å²) < 4.78 is 27.3. The molecule has 9 heteroatoms. The first-order valence-corrected chi connectivity index (χ1v) is 12.5. The number of anilines is 1. The Hall–Kier alpha value is -2.91. The third kappa shape index (κ3) is 5.72. The second kappa shape index (κ2) is 10.4. The minimum absolute atomic E-state index is 0.0518. The van der Waals surface area contributed by atoms with Gasteiger partial charge in [0.25, 0.3) is 5.91 Å². The van der Waals surface area contributed by atoms with E-state index in [0.29, 0.717) is 31.7 Å². The van der Waals surface area contributed by atoms with Crippen LogP contribution >= 0.6 is 0 Å². The van der Waals surface area contributed by atoms with E-state index in [4.69, 9.17) is 0 Å². The molecule has 1 saturated heterocycles. The summed E-state index contributed by atoms with van der Waals surface area (Å²) in [4.78, 5) is 30.1.